The Hall–Kier alpha value is -1.21. The van der Waals surface area contributed by atoms with Gasteiger partial charge in [-0.05, 0) is 38.5 Å². The first-order chi connectivity index (χ1) is 22.8. The van der Waals surface area contributed by atoms with Crippen molar-refractivity contribution in [3.63, 3.8) is 0 Å². The van der Waals surface area contributed by atoms with Crippen LogP contribution in [0.2, 0.25) is 0 Å². The van der Waals surface area contributed by atoms with Gasteiger partial charge >= 0.3 is 19.8 Å². The molecule has 0 radical (unpaired) electrons. The molecular formula is C38H73O8P. The normalized spacial score (nSPS) is 13.5. The second kappa shape index (κ2) is 34.6. The number of phosphoric ester groups is 1. The Morgan fingerprint density at radius 3 is 1.40 bits per heavy atom. The summed E-state index contributed by atoms with van der Waals surface area (Å²) in [5.74, 6) is -0.802. The van der Waals surface area contributed by atoms with E-state index in [-0.39, 0.29) is 19.0 Å². The van der Waals surface area contributed by atoms with Gasteiger partial charge in [-0.2, -0.15) is 0 Å². The lowest BCUT2D eigenvalue weighted by molar-refractivity contribution is -0.161. The van der Waals surface area contributed by atoms with E-state index in [0.717, 1.165) is 52.1 Å². The molecule has 47 heavy (non-hydrogen) atoms. The van der Waals surface area contributed by atoms with Gasteiger partial charge in [-0.15, -0.1) is 0 Å². The summed E-state index contributed by atoms with van der Waals surface area (Å²) >= 11 is 0. The van der Waals surface area contributed by atoms with Crippen LogP contribution >= 0.6 is 7.82 Å². The molecule has 0 fully saturated rings. The van der Waals surface area contributed by atoms with E-state index in [1.165, 1.54) is 116 Å². The second-order valence-corrected chi connectivity index (χ2v) is 14.6. The van der Waals surface area contributed by atoms with Gasteiger partial charge in [-0.25, -0.2) is 4.57 Å². The fourth-order valence-corrected chi connectivity index (χ4v) is 5.94. The van der Waals surface area contributed by atoms with Gasteiger partial charge in [0.2, 0.25) is 0 Å². The summed E-state index contributed by atoms with van der Waals surface area (Å²) in [5, 5.41) is 0. The maximum atomic E-state index is 12.4. The summed E-state index contributed by atoms with van der Waals surface area (Å²) in [4.78, 5) is 34.3. The molecule has 0 amide bonds. The molecule has 0 aliphatic rings. The fraction of sp³-hybridized carbons (Fsp3) is 0.895. The van der Waals surface area contributed by atoms with Gasteiger partial charge in [-0.3, -0.25) is 18.6 Å². The average Bonchev–Trinajstić information content (AvgIpc) is 3.06. The third-order valence-electron chi connectivity index (χ3n) is 8.51. The first-order valence-electron chi connectivity index (χ1n) is 19.4. The molecule has 278 valence electrons. The molecule has 0 aliphatic carbocycles. The van der Waals surface area contributed by atoms with Crippen LogP contribution in [0.1, 0.15) is 194 Å². The third-order valence-corrected chi connectivity index (χ3v) is 9.45. The van der Waals surface area contributed by atoms with Gasteiger partial charge in [-0.1, -0.05) is 154 Å². The first kappa shape index (κ1) is 45.8. The number of phosphoric acid groups is 1. The zero-order chi connectivity index (χ0) is 34.7. The summed E-state index contributed by atoms with van der Waals surface area (Å²) < 4.78 is 31.9. The molecule has 1 N–H and O–H groups in total. The average molecular weight is 689 g/mol. The summed E-state index contributed by atoms with van der Waals surface area (Å²) in [7, 11) is -3.19. The summed E-state index contributed by atoms with van der Waals surface area (Å²) in [5.41, 5.74) is 0. The maximum Gasteiger partial charge on any atom is 0.472 e. The highest BCUT2D eigenvalue weighted by Gasteiger charge is 2.24. The molecule has 0 aromatic carbocycles. The van der Waals surface area contributed by atoms with E-state index in [2.05, 4.69) is 30.5 Å². The predicted octanol–water partition coefficient (Wildman–Crippen LogP) is 11.7. The van der Waals surface area contributed by atoms with E-state index in [1.807, 2.05) is 0 Å². The molecule has 9 heteroatoms. The van der Waals surface area contributed by atoms with Crippen molar-refractivity contribution in [2.45, 2.75) is 200 Å². The number of carbonyl (C=O) groups excluding carboxylic acids is 2. The molecule has 0 bridgehead atoms. The molecule has 0 aromatic heterocycles. The Bertz CT molecular complexity index is 788. The molecule has 2 atom stereocenters. The Kier molecular flexibility index (Phi) is 33.8. The monoisotopic (exact) mass is 689 g/mol. The van der Waals surface area contributed by atoms with Crippen LogP contribution in [0.25, 0.3) is 0 Å². The van der Waals surface area contributed by atoms with Crippen molar-refractivity contribution in [1.82, 2.24) is 0 Å². The topological polar surface area (TPSA) is 108 Å². The van der Waals surface area contributed by atoms with Crippen LogP contribution in [-0.2, 0) is 32.7 Å². The van der Waals surface area contributed by atoms with Crippen molar-refractivity contribution in [3.8, 4) is 0 Å². The largest absolute Gasteiger partial charge is 0.472 e. The molecule has 0 heterocycles. The summed E-state index contributed by atoms with van der Waals surface area (Å²) in [6.07, 6.45) is 35.4. The molecule has 1 unspecified atom stereocenters. The Morgan fingerprint density at radius 2 is 0.957 bits per heavy atom. The van der Waals surface area contributed by atoms with Gasteiger partial charge < -0.3 is 14.4 Å². The van der Waals surface area contributed by atoms with Crippen molar-refractivity contribution in [3.05, 3.63) is 12.2 Å². The molecule has 0 aliphatic heterocycles. The van der Waals surface area contributed by atoms with E-state index in [1.54, 1.807) is 0 Å². The van der Waals surface area contributed by atoms with Crippen LogP contribution in [-0.4, -0.2) is 43.3 Å². The van der Waals surface area contributed by atoms with E-state index < -0.39 is 26.5 Å². The molecule has 0 saturated heterocycles. The SMILES string of the molecule is CCCCCC/C=C/CCCCCCCCCC(=O)O[C@H](COC(=O)CCCCCCCCCCCCCCC)COP(=O)(O)OC. The predicted molar refractivity (Wildman–Crippen MR) is 193 cm³/mol. The highest BCUT2D eigenvalue weighted by Crippen LogP contribution is 2.42. The molecular weight excluding hydrogens is 615 g/mol. The molecule has 0 rings (SSSR count). The summed E-state index contributed by atoms with van der Waals surface area (Å²) in [6.45, 7) is 3.87. The van der Waals surface area contributed by atoms with Crippen LogP contribution in [0.5, 0.6) is 0 Å². The van der Waals surface area contributed by atoms with Crippen molar-refractivity contribution < 1.29 is 37.6 Å². The number of carbonyl (C=O) groups is 2. The zero-order valence-corrected chi connectivity index (χ0v) is 31.6. The molecule has 0 spiro atoms. The maximum absolute atomic E-state index is 12.4. The smallest absolute Gasteiger partial charge is 0.462 e. The number of allylic oxidation sites excluding steroid dienone is 2. The van der Waals surface area contributed by atoms with Crippen LogP contribution in [0.3, 0.4) is 0 Å². The standard InChI is InChI=1S/C38H73O8P/c1-4-6-8-10-12-14-16-18-19-21-23-25-27-29-31-33-38(40)46-36(35-45-47(41,42)43-3)34-44-37(39)32-30-28-26-24-22-20-17-15-13-11-9-7-5-2/h14,16,36H,4-13,15,17-35H2,1-3H3,(H,41,42)/b16-14+/t36-/m1/s1. The minimum atomic E-state index is -4.25. The van der Waals surface area contributed by atoms with E-state index >= 15 is 0 Å². The van der Waals surface area contributed by atoms with E-state index in [9.17, 15) is 19.0 Å². The minimum absolute atomic E-state index is 0.221. The van der Waals surface area contributed by atoms with Crippen molar-refractivity contribution in [2.75, 3.05) is 20.3 Å². The van der Waals surface area contributed by atoms with Crippen LogP contribution in [0.4, 0.5) is 0 Å². The van der Waals surface area contributed by atoms with Gasteiger partial charge in [0, 0.05) is 20.0 Å². The Balaban J connectivity index is 4.03. The van der Waals surface area contributed by atoms with Crippen LogP contribution in [0.15, 0.2) is 12.2 Å². The lowest BCUT2D eigenvalue weighted by atomic mass is 10.0. The third kappa shape index (κ3) is 34.5. The number of rotatable bonds is 36. The Morgan fingerprint density at radius 1 is 0.574 bits per heavy atom. The molecule has 8 nitrogen and oxygen atoms in total. The van der Waals surface area contributed by atoms with Gasteiger partial charge in [0.1, 0.15) is 6.61 Å². The van der Waals surface area contributed by atoms with Crippen molar-refractivity contribution in [1.29, 1.82) is 0 Å². The number of ether oxygens (including phenoxy) is 2. The number of hydrogen-bond donors (Lipinski definition) is 1. The van der Waals surface area contributed by atoms with E-state index in [4.69, 9.17) is 14.0 Å². The van der Waals surface area contributed by atoms with Gasteiger partial charge in [0.15, 0.2) is 6.10 Å². The van der Waals surface area contributed by atoms with Crippen LogP contribution in [0, 0.1) is 0 Å². The van der Waals surface area contributed by atoms with Gasteiger partial charge in [0.05, 0.1) is 6.61 Å². The van der Waals surface area contributed by atoms with Crippen molar-refractivity contribution >= 4 is 19.8 Å². The minimum Gasteiger partial charge on any atom is -0.462 e. The number of esters is 2. The molecule has 0 aromatic rings. The quantitative estimate of drug-likeness (QED) is 0.0300. The zero-order valence-electron chi connectivity index (χ0n) is 30.7. The first-order valence-corrected chi connectivity index (χ1v) is 20.9. The van der Waals surface area contributed by atoms with Gasteiger partial charge in [0.25, 0.3) is 0 Å². The lowest BCUT2D eigenvalue weighted by Gasteiger charge is -2.19. The fourth-order valence-electron chi connectivity index (χ4n) is 5.48. The lowest BCUT2D eigenvalue weighted by Crippen LogP contribution is -2.29. The number of unbranched alkanes of at least 4 members (excludes halogenated alkanes) is 23. The number of hydrogen-bond acceptors (Lipinski definition) is 7. The summed E-state index contributed by atoms with van der Waals surface area (Å²) in [6, 6.07) is 0. The van der Waals surface area contributed by atoms with E-state index in [0.29, 0.717) is 12.8 Å². The van der Waals surface area contributed by atoms with Crippen LogP contribution < -0.4 is 0 Å². The van der Waals surface area contributed by atoms with Crippen molar-refractivity contribution in [2.24, 2.45) is 0 Å². The molecule has 0 saturated carbocycles. The highest BCUT2D eigenvalue weighted by atomic mass is 31.2. The highest BCUT2D eigenvalue weighted by molar-refractivity contribution is 7.47. The second-order valence-electron chi connectivity index (χ2n) is 13.1. The Labute approximate surface area is 289 Å².